The van der Waals surface area contributed by atoms with Crippen LogP contribution in [0.25, 0.3) is 0 Å². The molecule has 2 heterocycles. The highest BCUT2D eigenvalue weighted by molar-refractivity contribution is 9.13. The zero-order chi connectivity index (χ0) is 14.8. The van der Waals surface area contributed by atoms with Crippen LogP contribution in [0.5, 0.6) is 0 Å². The number of nitrogens with zero attached hydrogens (tertiary/aromatic N) is 1. The number of rotatable bonds is 4. The monoisotopic (exact) mass is 434 g/mol. The maximum absolute atomic E-state index is 12.5. The molecule has 0 saturated carbocycles. The van der Waals surface area contributed by atoms with E-state index in [1.54, 1.807) is 0 Å². The van der Waals surface area contributed by atoms with Crippen LogP contribution in [-0.2, 0) is 0 Å². The van der Waals surface area contributed by atoms with Gasteiger partial charge in [-0.1, -0.05) is 0 Å². The largest absolute Gasteiger partial charge is 0.389 e. The number of halogens is 5. The summed E-state index contributed by atoms with van der Waals surface area (Å²) in [5.41, 5.74) is 0. The molecule has 1 aliphatic heterocycles. The van der Waals surface area contributed by atoms with Gasteiger partial charge in [-0.2, -0.15) is 13.2 Å². The van der Waals surface area contributed by atoms with Crippen LogP contribution in [0.15, 0.2) is 14.3 Å². The van der Waals surface area contributed by atoms with Gasteiger partial charge in [0.25, 0.3) is 0 Å². The van der Waals surface area contributed by atoms with Gasteiger partial charge in [0.2, 0.25) is 0 Å². The average Bonchev–Trinajstić information content (AvgIpc) is 2.69. The number of alkyl halides is 3. The Bertz CT molecular complexity index is 425. The Morgan fingerprint density at radius 3 is 2.45 bits per heavy atom. The fourth-order valence-electron chi connectivity index (χ4n) is 2.33. The molecule has 0 aliphatic carbocycles. The highest BCUT2D eigenvalue weighted by Gasteiger charge is 2.32. The Hall–Kier alpha value is 0.370. The summed E-state index contributed by atoms with van der Waals surface area (Å²) in [6, 6.07) is 1.77. The first-order valence-corrected chi connectivity index (χ1v) is 8.73. The number of nitrogens with one attached hydrogen (secondary N) is 1. The Morgan fingerprint density at radius 1 is 1.30 bits per heavy atom. The second-order valence-electron chi connectivity index (χ2n) is 4.73. The van der Waals surface area contributed by atoms with Crippen molar-refractivity contribution in [1.82, 2.24) is 10.2 Å². The Balaban J connectivity index is 2.14. The van der Waals surface area contributed by atoms with Crippen LogP contribution in [0, 0.1) is 0 Å². The lowest BCUT2D eigenvalue weighted by atomic mass is 10.1. The van der Waals surface area contributed by atoms with Crippen molar-refractivity contribution < 1.29 is 13.2 Å². The van der Waals surface area contributed by atoms with Crippen molar-refractivity contribution in [3.8, 4) is 0 Å². The van der Waals surface area contributed by atoms with Gasteiger partial charge in [-0.05, 0) is 44.3 Å². The zero-order valence-corrected chi connectivity index (χ0v) is 14.6. The summed E-state index contributed by atoms with van der Waals surface area (Å²) >= 11 is 8.33. The lowest BCUT2D eigenvalue weighted by Crippen LogP contribution is -2.45. The van der Waals surface area contributed by atoms with Gasteiger partial charge in [0.05, 0.1) is 3.79 Å². The van der Waals surface area contributed by atoms with Crippen molar-refractivity contribution in [1.29, 1.82) is 0 Å². The molecule has 2 rings (SSSR count). The summed E-state index contributed by atoms with van der Waals surface area (Å²) in [5, 5.41) is 3.23. The summed E-state index contributed by atoms with van der Waals surface area (Å²) < 4.78 is 39.4. The van der Waals surface area contributed by atoms with Crippen molar-refractivity contribution in [2.45, 2.75) is 25.1 Å². The second kappa shape index (κ2) is 7.09. The minimum absolute atomic E-state index is 0.114. The first-order chi connectivity index (χ1) is 9.37. The number of thiophene rings is 1. The fraction of sp³-hybridized carbons (Fsp3) is 0.667. The highest BCUT2D eigenvalue weighted by Crippen LogP contribution is 2.40. The van der Waals surface area contributed by atoms with Gasteiger partial charge >= 0.3 is 6.18 Å². The van der Waals surface area contributed by atoms with E-state index in [-0.39, 0.29) is 12.5 Å². The first-order valence-electron chi connectivity index (χ1n) is 6.33. The Kier molecular flexibility index (Phi) is 5.93. The standard InChI is InChI=1S/C12H15Br2F3N2S/c13-8-7-10(20-11(8)14)9(1-2-12(15,16)17)19-5-3-18-4-6-19/h7,9,18H,1-6H2/t9-/m1/s1. The third-order valence-electron chi connectivity index (χ3n) is 3.29. The van der Waals surface area contributed by atoms with E-state index in [2.05, 4.69) is 42.1 Å². The van der Waals surface area contributed by atoms with E-state index in [0.29, 0.717) is 0 Å². The summed E-state index contributed by atoms with van der Waals surface area (Å²) in [6.07, 6.45) is -4.73. The van der Waals surface area contributed by atoms with E-state index in [0.717, 1.165) is 39.3 Å². The second-order valence-corrected chi connectivity index (χ2v) is 7.98. The van der Waals surface area contributed by atoms with E-state index < -0.39 is 12.6 Å². The van der Waals surface area contributed by atoms with Gasteiger partial charge in [-0.3, -0.25) is 4.90 Å². The van der Waals surface area contributed by atoms with E-state index in [4.69, 9.17) is 0 Å². The summed E-state index contributed by atoms with van der Waals surface area (Å²) in [5.74, 6) is 0. The van der Waals surface area contributed by atoms with Crippen molar-refractivity contribution in [2.24, 2.45) is 0 Å². The molecule has 0 spiro atoms. The molecule has 1 atom stereocenters. The third kappa shape index (κ3) is 4.69. The van der Waals surface area contributed by atoms with E-state index in [1.807, 2.05) is 6.07 Å². The molecule has 8 heteroatoms. The number of hydrogen-bond acceptors (Lipinski definition) is 3. The molecule has 114 valence electrons. The molecule has 0 unspecified atom stereocenters. The van der Waals surface area contributed by atoms with Gasteiger partial charge in [-0.15, -0.1) is 11.3 Å². The van der Waals surface area contributed by atoms with Crippen LogP contribution in [0.1, 0.15) is 23.8 Å². The molecule has 20 heavy (non-hydrogen) atoms. The molecule has 0 bridgehead atoms. The summed E-state index contributed by atoms with van der Waals surface area (Å²) in [6.45, 7) is 3.23. The van der Waals surface area contributed by atoms with Crippen LogP contribution in [0.2, 0.25) is 0 Å². The normalized spacial score (nSPS) is 19.2. The number of piperazine rings is 1. The van der Waals surface area contributed by atoms with Gasteiger partial charge < -0.3 is 5.32 Å². The predicted octanol–water partition coefficient (Wildman–Crippen LogP) is 4.56. The molecule has 0 aromatic carbocycles. The molecule has 1 fully saturated rings. The minimum Gasteiger partial charge on any atom is -0.314 e. The fourth-order valence-corrected chi connectivity index (χ4v) is 4.59. The van der Waals surface area contributed by atoms with Gasteiger partial charge in [0, 0.05) is 48.0 Å². The minimum atomic E-state index is -4.10. The van der Waals surface area contributed by atoms with Gasteiger partial charge in [-0.25, -0.2) is 0 Å². The molecular weight excluding hydrogens is 421 g/mol. The van der Waals surface area contributed by atoms with E-state index in [1.165, 1.54) is 11.3 Å². The van der Waals surface area contributed by atoms with Crippen molar-refractivity contribution in [2.75, 3.05) is 26.2 Å². The van der Waals surface area contributed by atoms with Crippen LogP contribution in [0.3, 0.4) is 0 Å². The number of hydrogen-bond donors (Lipinski definition) is 1. The maximum Gasteiger partial charge on any atom is 0.389 e. The topological polar surface area (TPSA) is 15.3 Å². The Labute approximate surface area is 137 Å². The predicted molar refractivity (Wildman–Crippen MR) is 82.2 cm³/mol. The third-order valence-corrected chi connectivity index (χ3v) is 6.64. The van der Waals surface area contributed by atoms with Crippen molar-refractivity contribution >= 4 is 43.2 Å². The highest BCUT2D eigenvalue weighted by atomic mass is 79.9. The quantitative estimate of drug-likeness (QED) is 0.745. The summed E-state index contributed by atoms with van der Waals surface area (Å²) in [4.78, 5) is 3.13. The lowest BCUT2D eigenvalue weighted by molar-refractivity contribution is -0.138. The van der Waals surface area contributed by atoms with Crippen molar-refractivity contribution in [3.05, 3.63) is 19.2 Å². The van der Waals surface area contributed by atoms with Crippen LogP contribution >= 0.6 is 43.2 Å². The molecule has 1 aromatic rings. The van der Waals surface area contributed by atoms with Gasteiger partial charge in [0.15, 0.2) is 0 Å². The van der Waals surface area contributed by atoms with Crippen LogP contribution in [-0.4, -0.2) is 37.3 Å². The molecule has 1 N–H and O–H groups in total. The van der Waals surface area contributed by atoms with Crippen molar-refractivity contribution in [3.63, 3.8) is 0 Å². The SMILES string of the molecule is FC(F)(F)CC[C@H](c1cc(Br)c(Br)s1)N1CCNCC1. The molecule has 1 aliphatic rings. The maximum atomic E-state index is 12.5. The molecule has 1 saturated heterocycles. The van der Waals surface area contributed by atoms with E-state index >= 15 is 0 Å². The lowest BCUT2D eigenvalue weighted by Gasteiger charge is -2.34. The summed E-state index contributed by atoms with van der Waals surface area (Å²) in [7, 11) is 0. The molecular formula is C12H15Br2F3N2S. The van der Waals surface area contributed by atoms with Gasteiger partial charge in [0.1, 0.15) is 0 Å². The van der Waals surface area contributed by atoms with E-state index in [9.17, 15) is 13.2 Å². The molecule has 0 radical (unpaired) electrons. The zero-order valence-electron chi connectivity index (χ0n) is 10.6. The smallest absolute Gasteiger partial charge is 0.314 e. The van der Waals surface area contributed by atoms with Crippen LogP contribution in [0.4, 0.5) is 13.2 Å². The first kappa shape index (κ1) is 16.7. The Morgan fingerprint density at radius 2 is 1.95 bits per heavy atom. The molecule has 0 amide bonds. The average molecular weight is 436 g/mol. The molecule has 1 aromatic heterocycles. The molecule has 2 nitrogen and oxygen atoms in total. The van der Waals surface area contributed by atoms with Crippen LogP contribution < -0.4 is 5.32 Å².